The highest BCUT2D eigenvalue weighted by atomic mass is 32.2. The Morgan fingerprint density at radius 1 is 1.27 bits per heavy atom. The van der Waals surface area contributed by atoms with Gasteiger partial charge in [0.1, 0.15) is 11.5 Å². The maximum absolute atomic E-state index is 14.0. The van der Waals surface area contributed by atoms with Crippen LogP contribution in [0.5, 0.6) is 0 Å². The Morgan fingerprint density at radius 2 is 1.91 bits per heavy atom. The molecule has 0 aliphatic carbocycles. The van der Waals surface area contributed by atoms with Crippen LogP contribution in [0.3, 0.4) is 0 Å². The second-order valence-corrected chi connectivity index (χ2v) is 6.53. The molecule has 2 aromatic rings. The van der Waals surface area contributed by atoms with Gasteiger partial charge in [-0.2, -0.15) is 5.10 Å². The smallest absolute Gasteiger partial charge is 0.266 e. The maximum atomic E-state index is 14.0. The van der Waals surface area contributed by atoms with Gasteiger partial charge in [0.2, 0.25) is 0 Å². The van der Waals surface area contributed by atoms with Crippen molar-refractivity contribution in [1.29, 1.82) is 0 Å². The molecule has 0 unspecified atom stereocenters. The predicted molar refractivity (Wildman–Crippen MR) is 78.5 cm³/mol. The summed E-state index contributed by atoms with van der Waals surface area (Å²) in [6.07, 6.45) is 0. The first-order valence-corrected chi connectivity index (χ1v) is 7.76. The number of aromatic nitrogens is 2. The first-order chi connectivity index (χ1) is 10.1. The van der Waals surface area contributed by atoms with Crippen molar-refractivity contribution in [2.75, 3.05) is 4.72 Å². The van der Waals surface area contributed by atoms with Gasteiger partial charge in [-0.3, -0.25) is 14.6 Å². The first kappa shape index (κ1) is 16.0. The third-order valence-electron chi connectivity index (χ3n) is 3.16. The number of hydrogen-bond acceptors (Lipinski definition) is 4. The number of anilines is 1. The maximum Gasteiger partial charge on any atom is 0.266 e. The van der Waals surface area contributed by atoms with E-state index in [4.69, 9.17) is 5.73 Å². The summed E-state index contributed by atoms with van der Waals surface area (Å²) in [4.78, 5) is 10.8. The van der Waals surface area contributed by atoms with Crippen molar-refractivity contribution in [3.05, 3.63) is 40.3 Å². The number of aryl methyl sites for hydroxylation is 2. The lowest BCUT2D eigenvalue weighted by Gasteiger charge is -2.13. The average molecular weight is 326 g/mol. The number of amides is 1. The number of hydrogen-bond donors (Lipinski definition) is 3. The molecule has 118 valence electrons. The molecule has 0 aliphatic rings. The van der Waals surface area contributed by atoms with E-state index in [-0.39, 0.29) is 22.0 Å². The van der Waals surface area contributed by atoms with Gasteiger partial charge in [0.25, 0.3) is 15.9 Å². The van der Waals surface area contributed by atoms with Gasteiger partial charge < -0.3 is 5.73 Å². The molecule has 1 heterocycles. The largest absolute Gasteiger partial charge is 0.364 e. The minimum atomic E-state index is -4.05. The highest BCUT2D eigenvalue weighted by Crippen LogP contribution is 2.26. The summed E-state index contributed by atoms with van der Waals surface area (Å²) in [5, 5.41) is 5.94. The first-order valence-electron chi connectivity index (χ1n) is 6.28. The molecular weight excluding hydrogens is 311 g/mol. The van der Waals surface area contributed by atoms with Crippen molar-refractivity contribution in [1.82, 2.24) is 10.2 Å². The third-order valence-corrected chi connectivity index (χ3v) is 4.80. The summed E-state index contributed by atoms with van der Waals surface area (Å²) in [6, 6.07) is 2.62. The zero-order valence-electron chi connectivity index (χ0n) is 12.2. The van der Waals surface area contributed by atoms with E-state index in [0.717, 1.165) is 6.07 Å². The number of aromatic amines is 1. The summed E-state index contributed by atoms with van der Waals surface area (Å²) >= 11 is 0. The summed E-state index contributed by atoms with van der Waals surface area (Å²) in [5.41, 5.74) is 5.81. The summed E-state index contributed by atoms with van der Waals surface area (Å²) < 4.78 is 41.0. The Balaban J connectivity index is 2.47. The lowest BCUT2D eigenvalue weighted by atomic mass is 10.1. The van der Waals surface area contributed by atoms with Gasteiger partial charge in [-0.05, 0) is 31.9 Å². The number of nitrogens with one attached hydrogen (secondary N) is 2. The minimum absolute atomic E-state index is 0.0238. The van der Waals surface area contributed by atoms with E-state index < -0.39 is 21.7 Å². The quantitative estimate of drug-likeness (QED) is 0.786. The van der Waals surface area contributed by atoms with Crippen LogP contribution in [-0.2, 0) is 10.0 Å². The molecule has 0 atom stereocenters. The van der Waals surface area contributed by atoms with Gasteiger partial charge in [0.05, 0.1) is 4.90 Å². The summed E-state index contributed by atoms with van der Waals surface area (Å²) in [6.45, 7) is 4.53. The van der Waals surface area contributed by atoms with Crippen molar-refractivity contribution in [3.8, 4) is 0 Å². The molecule has 0 fully saturated rings. The molecule has 1 aromatic heterocycles. The number of carbonyl (C=O) groups excluding carboxylic acids is 1. The van der Waals surface area contributed by atoms with Crippen LogP contribution in [0.2, 0.25) is 0 Å². The number of H-pyrrole nitrogens is 1. The fourth-order valence-electron chi connectivity index (χ4n) is 2.25. The van der Waals surface area contributed by atoms with Gasteiger partial charge in [0.15, 0.2) is 5.82 Å². The molecule has 2 rings (SSSR count). The van der Waals surface area contributed by atoms with E-state index in [1.807, 2.05) is 0 Å². The van der Waals surface area contributed by atoms with Crippen LogP contribution in [0, 0.1) is 26.6 Å². The number of nitrogens with zero attached hydrogens (tertiary/aromatic N) is 1. The molecule has 0 saturated heterocycles. The number of rotatable bonds is 4. The van der Waals surface area contributed by atoms with Crippen molar-refractivity contribution in [2.24, 2.45) is 5.73 Å². The molecule has 0 saturated carbocycles. The third kappa shape index (κ3) is 2.80. The number of halogens is 1. The Bertz CT molecular complexity index is 858. The van der Waals surface area contributed by atoms with Crippen LogP contribution in [0.15, 0.2) is 17.0 Å². The van der Waals surface area contributed by atoms with E-state index in [1.165, 1.54) is 13.0 Å². The van der Waals surface area contributed by atoms with Crippen molar-refractivity contribution in [3.63, 3.8) is 0 Å². The van der Waals surface area contributed by atoms with Crippen LogP contribution < -0.4 is 10.5 Å². The highest BCUT2D eigenvalue weighted by molar-refractivity contribution is 7.92. The average Bonchev–Trinajstić information content (AvgIpc) is 2.83. The minimum Gasteiger partial charge on any atom is -0.364 e. The fourth-order valence-corrected chi connectivity index (χ4v) is 3.70. The fraction of sp³-hybridized carbons (Fsp3) is 0.231. The van der Waals surface area contributed by atoms with Gasteiger partial charge in [-0.15, -0.1) is 0 Å². The Kier molecular flexibility index (Phi) is 3.92. The van der Waals surface area contributed by atoms with Gasteiger partial charge >= 0.3 is 0 Å². The van der Waals surface area contributed by atoms with Crippen LogP contribution in [0.1, 0.15) is 27.2 Å². The lowest BCUT2D eigenvalue weighted by Crippen LogP contribution is -2.17. The zero-order valence-corrected chi connectivity index (χ0v) is 13.0. The van der Waals surface area contributed by atoms with Crippen LogP contribution in [-0.4, -0.2) is 24.5 Å². The monoisotopic (exact) mass is 326 g/mol. The lowest BCUT2D eigenvalue weighted by molar-refractivity contribution is 0.0995. The molecule has 0 radical (unpaired) electrons. The number of primary amides is 1. The van der Waals surface area contributed by atoms with Crippen LogP contribution in [0.25, 0.3) is 0 Å². The Hall–Kier alpha value is -2.42. The molecule has 0 aliphatic heterocycles. The van der Waals surface area contributed by atoms with Crippen molar-refractivity contribution in [2.45, 2.75) is 25.7 Å². The molecule has 0 spiro atoms. The van der Waals surface area contributed by atoms with Crippen LogP contribution in [0.4, 0.5) is 10.2 Å². The van der Waals surface area contributed by atoms with Gasteiger partial charge in [0, 0.05) is 11.6 Å². The number of benzene rings is 1. The van der Waals surface area contributed by atoms with E-state index in [9.17, 15) is 17.6 Å². The SMILES string of the molecule is Cc1cc(C)c(S(=O)(=O)Nc2cc(C(N)=O)[nH]n2)c(C)c1F. The van der Waals surface area contributed by atoms with E-state index in [0.29, 0.717) is 11.1 Å². The second kappa shape index (κ2) is 5.41. The van der Waals surface area contributed by atoms with Crippen molar-refractivity contribution >= 4 is 21.7 Å². The molecule has 0 bridgehead atoms. The van der Waals surface area contributed by atoms with E-state index in [1.54, 1.807) is 13.8 Å². The molecule has 9 heteroatoms. The molecule has 22 heavy (non-hydrogen) atoms. The van der Waals surface area contributed by atoms with E-state index >= 15 is 0 Å². The highest BCUT2D eigenvalue weighted by Gasteiger charge is 2.24. The van der Waals surface area contributed by atoms with Gasteiger partial charge in [-0.1, -0.05) is 6.07 Å². The molecule has 7 nitrogen and oxygen atoms in total. The molecule has 1 amide bonds. The second-order valence-electron chi connectivity index (χ2n) is 4.92. The summed E-state index contributed by atoms with van der Waals surface area (Å²) in [5.74, 6) is -1.45. The standard InChI is InChI=1S/C13H15FN4O3S/c1-6-4-7(2)12(8(3)11(6)14)22(20,21)18-10-5-9(13(15)19)16-17-10/h4-5H,1-3H3,(H2,15,19)(H2,16,17,18). The summed E-state index contributed by atoms with van der Waals surface area (Å²) in [7, 11) is -4.05. The topological polar surface area (TPSA) is 118 Å². The number of carbonyl (C=O) groups is 1. The number of sulfonamides is 1. The Labute approximate surface area is 126 Å². The molecule has 4 N–H and O–H groups in total. The van der Waals surface area contributed by atoms with E-state index in [2.05, 4.69) is 14.9 Å². The number of nitrogens with two attached hydrogens (primary N) is 1. The van der Waals surface area contributed by atoms with Crippen LogP contribution >= 0.6 is 0 Å². The molecule has 1 aromatic carbocycles. The zero-order chi connectivity index (χ0) is 16.7. The Morgan fingerprint density at radius 3 is 2.45 bits per heavy atom. The van der Waals surface area contributed by atoms with Crippen molar-refractivity contribution < 1.29 is 17.6 Å². The predicted octanol–water partition coefficient (Wildman–Crippen LogP) is 1.37. The normalized spacial score (nSPS) is 11.5. The molecular formula is C13H15FN4O3S. The van der Waals surface area contributed by atoms with Gasteiger partial charge in [-0.25, -0.2) is 12.8 Å².